The van der Waals surface area contributed by atoms with Crippen molar-refractivity contribution in [3.8, 4) is 0 Å². The van der Waals surface area contributed by atoms with Crippen molar-refractivity contribution in [2.24, 2.45) is 0 Å². The van der Waals surface area contributed by atoms with Gasteiger partial charge in [-0.05, 0) is 0 Å². The second-order valence-corrected chi connectivity index (χ2v) is 0.238. The standard InChI is InChI=1S/HNO3.Sn.H/c2-1(3)4;;/h(H,2,3,4);;. The average molecular weight is 183 g/mol. The van der Waals surface area contributed by atoms with Gasteiger partial charge < -0.3 is 5.21 Å². The molecule has 0 spiro atoms. The van der Waals surface area contributed by atoms with Crippen LogP contribution in [0, 0.1) is 10.1 Å². The van der Waals surface area contributed by atoms with E-state index < -0.39 is 5.09 Å². The first-order valence-corrected chi connectivity index (χ1v) is 0.565. The molecule has 0 rings (SSSR count). The van der Waals surface area contributed by atoms with Gasteiger partial charge in [-0.3, -0.25) is 0 Å². The van der Waals surface area contributed by atoms with Crippen molar-refractivity contribution in [1.82, 2.24) is 0 Å². The van der Waals surface area contributed by atoms with E-state index in [9.17, 15) is 0 Å². The van der Waals surface area contributed by atoms with Crippen molar-refractivity contribution in [2.45, 2.75) is 0 Å². The van der Waals surface area contributed by atoms with Crippen molar-refractivity contribution in [2.75, 3.05) is 0 Å². The molecule has 3 radical (unpaired) electrons. The van der Waals surface area contributed by atoms with E-state index in [0.717, 1.165) is 0 Å². The predicted octanol–water partition coefficient (Wildman–Crippen LogP) is -0.996. The number of nitrogens with zero attached hydrogens (tertiary/aromatic N) is 1. The Labute approximate surface area is 44.9 Å². The van der Waals surface area contributed by atoms with Crippen LogP contribution in [0.5, 0.6) is 0 Å². The van der Waals surface area contributed by atoms with Gasteiger partial charge in [0.2, 0.25) is 0 Å². The molecular weight excluding hydrogens is 181 g/mol. The molecule has 0 atom stereocenters. The van der Waals surface area contributed by atoms with Crippen LogP contribution < -0.4 is 0 Å². The summed E-state index contributed by atoms with van der Waals surface area (Å²) in [7, 11) is 0. The zero-order valence-corrected chi connectivity index (χ0v) is 5.58. The maximum atomic E-state index is 8.36. The van der Waals surface area contributed by atoms with Gasteiger partial charge in [-0.25, -0.2) is 0 Å². The Balaban J connectivity index is 0. The topological polar surface area (TPSA) is 63.4 Å². The van der Waals surface area contributed by atoms with E-state index in [0.29, 0.717) is 0 Å². The first kappa shape index (κ1) is 8.89. The molecule has 0 aliphatic heterocycles. The van der Waals surface area contributed by atoms with Gasteiger partial charge in [0.25, 0.3) is 5.09 Å². The van der Waals surface area contributed by atoms with Gasteiger partial charge >= 0.3 is 23.9 Å². The molecule has 0 aromatic rings. The Morgan fingerprint density at radius 3 is 1.80 bits per heavy atom. The summed E-state index contributed by atoms with van der Waals surface area (Å²) in [5, 5.41) is 13.6. The first-order valence-electron chi connectivity index (χ1n) is 0.565. The Morgan fingerprint density at radius 1 is 1.80 bits per heavy atom. The van der Waals surface area contributed by atoms with Crippen molar-refractivity contribution in [3.63, 3.8) is 0 Å². The average Bonchev–Trinajstić information content (AvgIpc) is 0.811. The molecule has 0 aliphatic rings. The summed E-state index contributed by atoms with van der Waals surface area (Å²) in [6.07, 6.45) is 0. The van der Waals surface area contributed by atoms with E-state index in [1.165, 1.54) is 0 Å². The van der Waals surface area contributed by atoms with Crippen LogP contribution in [-0.4, -0.2) is 34.2 Å². The van der Waals surface area contributed by atoms with Crippen LogP contribution >= 0.6 is 0 Å². The third-order valence-electron chi connectivity index (χ3n) is 0. The zero-order valence-electron chi connectivity index (χ0n) is 2.29. The van der Waals surface area contributed by atoms with Crippen LogP contribution in [0.3, 0.4) is 0 Å². The fourth-order valence-corrected chi connectivity index (χ4v) is 0. The predicted molar refractivity (Wildman–Crippen MR) is 15.9 cm³/mol. The summed E-state index contributed by atoms with van der Waals surface area (Å²) >= 11 is 0. The van der Waals surface area contributed by atoms with E-state index in [-0.39, 0.29) is 23.9 Å². The summed E-state index contributed by atoms with van der Waals surface area (Å²) in [5.74, 6) is 0. The molecule has 0 aromatic heterocycles. The van der Waals surface area contributed by atoms with Gasteiger partial charge in [0.1, 0.15) is 0 Å². The quantitative estimate of drug-likeness (QED) is 0.297. The van der Waals surface area contributed by atoms with Gasteiger partial charge in [0.15, 0.2) is 0 Å². The van der Waals surface area contributed by atoms with E-state index in [4.69, 9.17) is 15.3 Å². The van der Waals surface area contributed by atoms with Gasteiger partial charge in [0, 0.05) is 0 Å². The Morgan fingerprint density at radius 2 is 1.80 bits per heavy atom. The molecule has 29 valence electrons. The second-order valence-electron chi connectivity index (χ2n) is 0.238. The van der Waals surface area contributed by atoms with E-state index in [2.05, 4.69) is 0 Å². The van der Waals surface area contributed by atoms with Gasteiger partial charge in [0.05, 0.1) is 0 Å². The van der Waals surface area contributed by atoms with Crippen LogP contribution in [0.15, 0.2) is 0 Å². The van der Waals surface area contributed by atoms with Gasteiger partial charge in [-0.15, -0.1) is 10.1 Å². The molecule has 5 heavy (non-hydrogen) atoms. The first-order chi connectivity index (χ1) is 1.73. The minimum atomic E-state index is -1.50. The third-order valence-corrected chi connectivity index (χ3v) is 0. The van der Waals surface area contributed by atoms with Crippen LogP contribution in [0.2, 0.25) is 0 Å². The molecular formula is H2NO3Sn. The minimum absolute atomic E-state index is 0. The molecule has 0 fully saturated rings. The molecule has 0 aliphatic carbocycles. The SMILES string of the molecule is O=[N+]([O-])O.[SnH]. The number of rotatable bonds is 0. The van der Waals surface area contributed by atoms with E-state index in [1.807, 2.05) is 0 Å². The fourth-order valence-electron chi connectivity index (χ4n) is 0. The summed E-state index contributed by atoms with van der Waals surface area (Å²) < 4.78 is 0. The third kappa shape index (κ3) is 9470000. The molecule has 4 nitrogen and oxygen atoms in total. The van der Waals surface area contributed by atoms with Crippen LogP contribution in [-0.2, 0) is 0 Å². The molecule has 0 aromatic carbocycles. The molecule has 1 N–H and O–H groups in total. The summed E-state index contributed by atoms with van der Waals surface area (Å²) in [5.41, 5.74) is 0. The van der Waals surface area contributed by atoms with Crippen LogP contribution in [0.4, 0.5) is 0 Å². The van der Waals surface area contributed by atoms with Crippen molar-refractivity contribution in [3.05, 3.63) is 10.1 Å². The molecule has 0 saturated heterocycles. The number of hydrogen-bond donors (Lipinski definition) is 1. The van der Waals surface area contributed by atoms with Crippen LogP contribution in [0.1, 0.15) is 0 Å². The number of hydrogen-bond acceptors (Lipinski definition) is 2. The van der Waals surface area contributed by atoms with Crippen molar-refractivity contribution in [1.29, 1.82) is 0 Å². The van der Waals surface area contributed by atoms with Gasteiger partial charge in [-0.2, -0.15) is 0 Å². The molecule has 0 heterocycles. The molecule has 0 unspecified atom stereocenters. The maximum absolute atomic E-state index is 8.36. The summed E-state index contributed by atoms with van der Waals surface area (Å²) in [6, 6.07) is 0. The van der Waals surface area contributed by atoms with Gasteiger partial charge in [-0.1, -0.05) is 0 Å². The fraction of sp³-hybridized carbons (Fsp3) is 0. The Kier molecular flexibility index (Phi) is 7.11. The molecule has 0 saturated carbocycles. The Bertz CT molecular complexity index is 29.9. The van der Waals surface area contributed by atoms with E-state index in [1.54, 1.807) is 0 Å². The van der Waals surface area contributed by atoms with E-state index >= 15 is 0 Å². The monoisotopic (exact) mass is 184 g/mol. The zero-order chi connectivity index (χ0) is 3.58. The normalized spacial score (nSPS) is 4.80. The summed E-state index contributed by atoms with van der Waals surface area (Å²) in [4.78, 5) is 8.36. The van der Waals surface area contributed by atoms with Crippen molar-refractivity contribution >= 4 is 23.9 Å². The second kappa shape index (κ2) is 4.00. The summed E-state index contributed by atoms with van der Waals surface area (Å²) in [6.45, 7) is 0. The molecule has 5 heteroatoms. The molecule has 0 amide bonds. The molecule has 0 bridgehead atoms. The van der Waals surface area contributed by atoms with Crippen molar-refractivity contribution < 1.29 is 10.3 Å². The van der Waals surface area contributed by atoms with Crippen LogP contribution in [0.25, 0.3) is 0 Å². The Hall–Kier alpha value is -0.00130.